The number of fused-ring (bicyclic) bond motifs is 1. The number of halogens is 4. The fourth-order valence-electron chi connectivity index (χ4n) is 4.06. The van der Waals surface area contributed by atoms with E-state index < -0.39 is 30.2 Å². The highest BCUT2D eigenvalue weighted by molar-refractivity contribution is 6.31. The van der Waals surface area contributed by atoms with Gasteiger partial charge in [0.2, 0.25) is 5.91 Å². The number of amides is 2. The largest absolute Gasteiger partial charge is 0.425 e. The number of nitrogens with one attached hydrogen (secondary N) is 1. The van der Waals surface area contributed by atoms with Crippen molar-refractivity contribution in [2.45, 2.75) is 38.8 Å². The van der Waals surface area contributed by atoms with Crippen LogP contribution in [0.15, 0.2) is 42.6 Å². The first-order chi connectivity index (χ1) is 16.6. The number of rotatable bonds is 6. The van der Waals surface area contributed by atoms with Crippen LogP contribution in [-0.2, 0) is 22.6 Å². The molecule has 11 heteroatoms. The Balaban J connectivity index is 1.46. The number of hydrogen-bond acceptors (Lipinski definition) is 4. The summed E-state index contributed by atoms with van der Waals surface area (Å²) in [4.78, 5) is 38.5. The highest BCUT2D eigenvalue weighted by atomic mass is 35.5. The lowest BCUT2D eigenvalue weighted by Gasteiger charge is -2.24. The van der Waals surface area contributed by atoms with Crippen molar-refractivity contribution in [3.05, 3.63) is 69.6 Å². The molecule has 2 amide bonds. The molecule has 0 bridgehead atoms. The van der Waals surface area contributed by atoms with E-state index >= 15 is 0 Å². The predicted octanol–water partition coefficient (Wildman–Crippen LogP) is 5.11. The molecule has 2 heterocycles. The van der Waals surface area contributed by atoms with Crippen LogP contribution in [0.1, 0.15) is 29.3 Å². The fraction of sp³-hybridized carbons (Fsp3) is 0.292. The summed E-state index contributed by atoms with van der Waals surface area (Å²) >= 11 is 11.8. The van der Waals surface area contributed by atoms with Gasteiger partial charge in [-0.3, -0.25) is 9.59 Å². The molecule has 2 aromatic carbocycles. The molecule has 1 fully saturated rings. The number of alkyl carbamates (subject to hydrolysis) is 1. The summed E-state index contributed by atoms with van der Waals surface area (Å²) < 4.78 is 35.0. The Morgan fingerprint density at radius 1 is 1.20 bits per heavy atom. The van der Waals surface area contributed by atoms with E-state index in [2.05, 4.69) is 5.32 Å². The van der Waals surface area contributed by atoms with Crippen LogP contribution in [0.5, 0.6) is 0 Å². The summed E-state index contributed by atoms with van der Waals surface area (Å²) in [6.07, 6.45) is -2.10. The number of aromatic nitrogens is 1. The van der Waals surface area contributed by atoms with Crippen LogP contribution < -0.4 is 5.32 Å². The highest BCUT2D eigenvalue weighted by Crippen LogP contribution is 2.27. The molecule has 1 aliphatic rings. The van der Waals surface area contributed by atoms with Crippen LogP contribution in [0.3, 0.4) is 0 Å². The fourth-order valence-corrected chi connectivity index (χ4v) is 4.42. The van der Waals surface area contributed by atoms with Gasteiger partial charge in [0, 0.05) is 40.7 Å². The van der Waals surface area contributed by atoms with E-state index in [9.17, 15) is 23.2 Å². The van der Waals surface area contributed by atoms with E-state index in [1.54, 1.807) is 29.0 Å². The first-order valence-electron chi connectivity index (χ1n) is 10.7. The molecular formula is C24H21Cl2F2N3O4. The first kappa shape index (κ1) is 24.9. The molecule has 7 nitrogen and oxygen atoms in total. The number of benzene rings is 2. The standard InChI is InChI=1S/C24H21Cl2F2N3O4/c1-13(32)18-11-30(20-7-15(25)5-6-17(18)20)12-21(33)31-10-16(27)8-22(31)35-24(34)29-9-14-3-2-4-19(26)23(14)28/h2-7,11,16,22H,8-10,12H2,1H3,(H,29,34)/t16-,22+/m1/s1. The number of ketones is 1. The van der Waals surface area contributed by atoms with Crippen LogP contribution in [0.25, 0.3) is 10.9 Å². The van der Waals surface area contributed by atoms with Gasteiger partial charge in [0.25, 0.3) is 0 Å². The van der Waals surface area contributed by atoms with Gasteiger partial charge < -0.3 is 19.5 Å². The van der Waals surface area contributed by atoms with Crippen molar-refractivity contribution in [1.29, 1.82) is 0 Å². The van der Waals surface area contributed by atoms with E-state index in [1.165, 1.54) is 25.1 Å². The molecule has 1 N–H and O–H groups in total. The second kappa shape index (κ2) is 10.2. The maximum atomic E-state index is 14.2. The molecule has 1 aliphatic heterocycles. The van der Waals surface area contributed by atoms with Crippen molar-refractivity contribution in [2.24, 2.45) is 0 Å². The van der Waals surface area contributed by atoms with Gasteiger partial charge in [-0.1, -0.05) is 41.4 Å². The van der Waals surface area contributed by atoms with Gasteiger partial charge in [-0.05, 0) is 25.1 Å². The number of likely N-dealkylation sites (tertiary alicyclic amines) is 1. The number of nitrogens with zero attached hydrogens (tertiary/aromatic N) is 2. The molecular weight excluding hydrogens is 503 g/mol. The van der Waals surface area contributed by atoms with Gasteiger partial charge in [-0.15, -0.1) is 0 Å². The molecule has 1 aromatic heterocycles. The summed E-state index contributed by atoms with van der Waals surface area (Å²) in [7, 11) is 0. The Bertz CT molecular complexity index is 1310. The van der Waals surface area contributed by atoms with Crippen LogP contribution >= 0.6 is 23.2 Å². The zero-order valence-corrected chi connectivity index (χ0v) is 20.1. The third-order valence-electron chi connectivity index (χ3n) is 5.75. The predicted molar refractivity (Wildman–Crippen MR) is 127 cm³/mol. The van der Waals surface area contributed by atoms with Crippen LogP contribution in [0.2, 0.25) is 10.0 Å². The van der Waals surface area contributed by atoms with Crippen LogP contribution in [0.4, 0.5) is 13.6 Å². The average Bonchev–Trinajstić information content (AvgIpc) is 3.34. The Hall–Kier alpha value is -3.17. The lowest BCUT2D eigenvalue weighted by Crippen LogP contribution is -2.42. The minimum absolute atomic E-state index is 0.0859. The molecule has 0 saturated carbocycles. The Morgan fingerprint density at radius 2 is 1.97 bits per heavy atom. The zero-order chi connectivity index (χ0) is 25.3. The van der Waals surface area contributed by atoms with Gasteiger partial charge in [0.05, 0.1) is 17.1 Å². The Labute approximate surface area is 209 Å². The monoisotopic (exact) mass is 523 g/mol. The van der Waals surface area contributed by atoms with E-state index in [0.717, 1.165) is 4.90 Å². The summed E-state index contributed by atoms with van der Waals surface area (Å²) in [5, 5.41) is 3.37. The van der Waals surface area contributed by atoms with Crippen molar-refractivity contribution in [3.63, 3.8) is 0 Å². The molecule has 4 rings (SSSR count). The molecule has 35 heavy (non-hydrogen) atoms. The lowest BCUT2D eigenvalue weighted by molar-refractivity contribution is -0.138. The van der Waals surface area contributed by atoms with Crippen molar-refractivity contribution in [1.82, 2.24) is 14.8 Å². The minimum Gasteiger partial charge on any atom is -0.425 e. The van der Waals surface area contributed by atoms with Crippen molar-refractivity contribution in [3.8, 4) is 0 Å². The van der Waals surface area contributed by atoms with Crippen molar-refractivity contribution < 1.29 is 27.9 Å². The van der Waals surface area contributed by atoms with Crippen LogP contribution in [0, 0.1) is 5.82 Å². The lowest BCUT2D eigenvalue weighted by atomic mass is 10.1. The summed E-state index contributed by atoms with van der Waals surface area (Å²) in [5.74, 6) is -1.35. The molecule has 2 atom stereocenters. The number of hydrogen-bond donors (Lipinski definition) is 1. The average molecular weight is 524 g/mol. The van der Waals surface area contributed by atoms with Gasteiger partial charge in [-0.25, -0.2) is 13.6 Å². The van der Waals surface area contributed by atoms with Crippen molar-refractivity contribution >= 4 is 51.9 Å². The third-order valence-corrected chi connectivity index (χ3v) is 6.27. The molecule has 0 spiro atoms. The number of alkyl halides is 1. The molecule has 3 aromatic rings. The highest BCUT2D eigenvalue weighted by Gasteiger charge is 2.38. The van der Waals surface area contributed by atoms with Gasteiger partial charge >= 0.3 is 6.09 Å². The summed E-state index contributed by atoms with van der Waals surface area (Å²) in [6, 6.07) is 9.34. The number of ether oxygens (including phenoxy) is 1. The van der Waals surface area contributed by atoms with E-state index in [-0.39, 0.29) is 42.4 Å². The van der Waals surface area contributed by atoms with E-state index in [0.29, 0.717) is 21.5 Å². The van der Waals surface area contributed by atoms with Crippen molar-refractivity contribution in [2.75, 3.05) is 6.54 Å². The normalized spacial score (nSPS) is 17.6. The Morgan fingerprint density at radius 3 is 2.71 bits per heavy atom. The minimum atomic E-state index is -1.38. The first-order valence-corrected chi connectivity index (χ1v) is 11.5. The van der Waals surface area contributed by atoms with Crippen LogP contribution in [-0.4, -0.2) is 46.2 Å². The second-order valence-corrected chi connectivity index (χ2v) is 9.04. The smallest absolute Gasteiger partial charge is 0.409 e. The maximum absolute atomic E-state index is 14.2. The van der Waals surface area contributed by atoms with Gasteiger partial charge in [0.1, 0.15) is 18.5 Å². The quantitative estimate of drug-likeness (QED) is 0.455. The zero-order valence-electron chi connectivity index (χ0n) is 18.6. The van der Waals surface area contributed by atoms with E-state index in [1.807, 2.05) is 0 Å². The molecule has 184 valence electrons. The summed E-state index contributed by atoms with van der Waals surface area (Å²) in [6.45, 7) is 0.752. The Kier molecular flexibility index (Phi) is 7.28. The topological polar surface area (TPSA) is 80.6 Å². The SMILES string of the molecule is CC(=O)c1cn(CC(=O)N2C[C@H](F)C[C@@H]2OC(=O)NCc2cccc(Cl)c2F)c2cc(Cl)ccc12. The molecule has 0 radical (unpaired) electrons. The number of carbonyl (C=O) groups excluding carboxylic acids is 3. The molecule has 1 saturated heterocycles. The maximum Gasteiger partial charge on any atom is 0.409 e. The summed E-state index contributed by atoms with van der Waals surface area (Å²) in [5.41, 5.74) is 1.15. The third kappa shape index (κ3) is 5.41. The second-order valence-electron chi connectivity index (χ2n) is 8.19. The molecule has 0 unspecified atom stereocenters. The number of carbonyl (C=O) groups is 3. The van der Waals surface area contributed by atoms with E-state index in [4.69, 9.17) is 27.9 Å². The van der Waals surface area contributed by atoms with Gasteiger partial charge in [-0.2, -0.15) is 0 Å². The number of Topliss-reactive ketones (excluding diaryl/α,β-unsaturated/α-hetero) is 1. The van der Waals surface area contributed by atoms with Gasteiger partial charge in [0.15, 0.2) is 12.0 Å². The molecule has 0 aliphatic carbocycles.